The Morgan fingerprint density at radius 3 is 3.00 bits per heavy atom. The largest absolute Gasteiger partial charge is 0.378 e. The predicted octanol–water partition coefficient (Wildman–Crippen LogP) is 2.72. The highest BCUT2D eigenvalue weighted by molar-refractivity contribution is 4.94. The maximum absolute atomic E-state index is 5.66. The van der Waals surface area contributed by atoms with Crippen LogP contribution in [0.4, 0.5) is 0 Å². The van der Waals surface area contributed by atoms with E-state index in [9.17, 15) is 0 Å². The number of hydrogen-bond donors (Lipinski definition) is 1. The highest BCUT2D eigenvalue weighted by Crippen LogP contribution is 2.35. The van der Waals surface area contributed by atoms with Gasteiger partial charge in [-0.3, -0.25) is 0 Å². The van der Waals surface area contributed by atoms with Crippen LogP contribution in [0.5, 0.6) is 0 Å². The van der Waals surface area contributed by atoms with Gasteiger partial charge in [0.25, 0.3) is 0 Å². The topological polar surface area (TPSA) is 21.3 Å². The van der Waals surface area contributed by atoms with Crippen LogP contribution in [0, 0.1) is 5.92 Å². The van der Waals surface area contributed by atoms with Gasteiger partial charge in [-0.15, -0.1) is 0 Å². The maximum Gasteiger partial charge on any atom is 0.0590 e. The Labute approximate surface area is 93.8 Å². The quantitative estimate of drug-likeness (QED) is 0.729. The molecule has 4 unspecified atom stereocenters. The Bertz CT molecular complexity index is 189. The first-order valence-corrected chi connectivity index (χ1v) is 6.67. The van der Waals surface area contributed by atoms with Gasteiger partial charge in [0, 0.05) is 18.7 Å². The minimum Gasteiger partial charge on any atom is -0.378 e. The summed E-state index contributed by atoms with van der Waals surface area (Å²) in [6, 6.07) is 1.46. The lowest BCUT2D eigenvalue weighted by atomic mass is 10.1. The highest BCUT2D eigenvalue weighted by atomic mass is 16.5. The van der Waals surface area contributed by atoms with Crippen molar-refractivity contribution in [2.75, 3.05) is 6.61 Å². The molecule has 1 aliphatic carbocycles. The summed E-state index contributed by atoms with van der Waals surface area (Å²) in [5.41, 5.74) is 0. The zero-order valence-corrected chi connectivity index (χ0v) is 10.2. The average Bonchev–Trinajstić information content (AvgIpc) is 2.73. The molecule has 2 nitrogen and oxygen atoms in total. The Morgan fingerprint density at radius 1 is 1.47 bits per heavy atom. The normalized spacial score (nSPS) is 36.8. The molecule has 0 radical (unpaired) electrons. The van der Waals surface area contributed by atoms with Crippen molar-refractivity contribution in [2.24, 2.45) is 5.92 Å². The molecule has 2 fully saturated rings. The Balaban J connectivity index is 1.59. The zero-order valence-electron chi connectivity index (χ0n) is 10.2. The third kappa shape index (κ3) is 3.46. The van der Waals surface area contributed by atoms with Gasteiger partial charge in [-0.05, 0) is 44.9 Å². The van der Waals surface area contributed by atoms with E-state index in [0.717, 1.165) is 18.6 Å². The molecule has 15 heavy (non-hydrogen) atoms. The average molecular weight is 211 g/mol. The van der Waals surface area contributed by atoms with E-state index in [-0.39, 0.29) is 0 Å². The minimum absolute atomic E-state index is 0.538. The fraction of sp³-hybridized carbons (Fsp3) is 1.00. The van der Waals surface area contributed by atoms with E-state index in [4.69, 9.17) is 4.74 Å². The summed E-state index contributed by atoms with van der Waals surface area (Å²) >= 11 is 0. The lowest BCUT2D eigenvalue weighted by Crippen LogP contribution is -2.32. The lowest BCUT2D eigenvalue weighted by Gasteiger charge is -2.17. The van der Waals surface area contributed by atoms with Crippen LogP contribution in [-0.4, -0.2) is 24.8 Å². The summed E-state index contributed by atoms with van der Waals surface area (Å²) in [4.78, 5) is 0. The van der Waals surface area contributed by atoms with Crippen molar-refractivity contribution in [1.29, 1.82) is 0 Å². The summed E-state index contributed by atoms with van der Waals surface area (Å²) in [5.74, 6) is 0.974. The molecule has 1 N–H and O–H groups in total. The predicted molar refractivity (Wildman–Crippen MR) is 63.0 cm³/mol. The summed E-state index contributed by atoms with van der Waals surface area (Å²) in [6.07, 6.45) is 8.43. The summed E-state index contributed by atoms with van der Waals surface area (Å²) in [6.45, 7) is 5.58. The molecule has 0 amide bonds. The maximum atomic E-state index is 5.66. The van der Waals surface area contributed by atoms with Gasteiger partial charge in [-0.25, -0.2) is 0 Å². The van der Waals surface area contributed by atoms with Crippen molar-refractivity contribution in [3.05, 3.63) is 0 Å². The Kier molecular flexibility index (Phi) is 4.04. The van der Waals surface area contributed by atoms with E-state index >= 15 is 0 Å². The molecule has 0 bridgehead atoms. The third-order valence-corrected chi connectivity index (χ3v) is 3.72. The van der Waals surface area contributed by atoms with Crippen LogP contribution in [0.1, 0.15) is 52.4 Å². The molecule has 1 heterocycles. The molecular formula is C13H25NO. The van der Waals surface area contributed by atoms with Crippen LogP contribution in [0.15, 0.2) is 0 Å². The van der Waals surface area contributed by atoms with Crippen LogP contribution in [0.25, 0.3) is 0 Å². The van der Waals surface area contributed by atoms with E-state index in [2.05, 4.69) is 19.2 Å². The molecule has 1 aliphatic heterocycles. The zero-order chi connectivity index (χ0) is 10.7. The van der Waals surface area contributed by atoms with Crippen LogP contribution in [-0.2, 0) is 4.74 Å². The van der Waals surface area contributed by atoms with Crippen molar-refractivity contribution in [1.82, 2.24) is 5.32 Å². The van der Waals surface area contributed by atoms with Crippen LogP contribution in [0.2, 0.25) is 0 Å². The molecule has 2 aliphatic rings. The first kappa shape index (κ1) is 11.4. The van der Waals surface area contributed by atoms with Gasteiger partial charge in [0.15, 0.2) is 0 Å². The summed E-state index contributed by atoms with van der Waals surface area (Å²) in [7, 11) is 0. The summed E-state index contributed by atoms with van der Waals surface area (Å²) < 4.78 is 5.66. The molecule has 2 rings (SSSR count). The molecule has 0 aromatic carbocycles. The monoisotopic (exact) mass is 211 g/mol. The number of hydrogen-bond acceptors (Lipinski definition) is 2. The standard InChI is InChI=1S/C13H25NO/c1-3-5-11-9-13(11)14-10(2)8-12-6-4-7-15-12/h10-14H,3-9H2,1-2H3. The molecule has 1 saturated carbocycles. The van der Waals surface area contributed by atoms with Crippen molar-refractivity contribution in [3.63, 3.8) is 0 Å². The second-order valence-corrected chi connectivity index (χ2v) is 5.33. The molecule has 0 aromatic heterocycles. The number of rotatable bonds is 6. The first-order chi connectivity index (χ1) is 7.29. The van der Waals surface area contributed by atoms with Gasteiger partial charge in [0.2, 0.25) is 0 Å². The van der Waals surface area contributed by atoms with E-state index in [1.54, 1.807) is 0 Å². The van der Waals surface area contributed by atoms with E-state index in [0.29, 0.717) is 12.1 Å². The fourth-order valence-electron chi connectivity index (χ4n) is 2.80. The van der Waals surface area contributed by atoms with E-state index in [1.807, 2.05) is 0 Å². The van der Waals surface area contributed by atoms with E-state index < -0.39 is 0 Å². The molecule has 0 spiro atoms. The van der Waals surface area contributed by atoms with E-state index in [1.165, 1.54) is 38.5 Å². The lowest BCUT2D eigenvalue weighted by molar-refractivity contribution is 0.0960. The van der Waals surface area contributed by atoms with Crippen molar-refractivity contribution in [3.8, 4) is 0 Å². The number of nitrogens with one attached hydrogen (secondary N) is 1. The van der Waals surface area contributed by atoms with Crippen LogP contribution < -0.4 is 5.32 Å². The number of ether oxygens (including phenoxy) is 1. The van der Waals surface area contributed by atoms with Gasteiger partial charge in [-0.1, -0.05) is 13.3 Å². The fourth-order valence-corrected chi connectivity index (χ4v) is 2.80. The molecule has 2 heteroatoms. The van der Waals surface area contributed by atoms with Crippen molar-refractivity contribution >= 4 is 0 Å². The van der Waals surface area contributed by atoms with Crippen LogP contribution >= 0.6 is 0 Å². The van der Waals surface area contributed by atoms with Gasteiger partial charge in [0.05, 0.1) is 6.10 Å². The van der Waals surface area contributed by atoms with Gasteiger partial charge in [-0.2, -0.15) is 0 Å². The molecular weight excluding hydrogens is 186 g/mol. The third-order valence-electron chi connectivity index (χ3n) is 3.72. The molecule has 88 valence electrons. The molecule has 4 atom stereocenters. The van der Waals surface area contributed by atoms with Gasteiger partial charge < -0.3 is 10.1 Å². The smallest absolute Gasteiger partial charge is 0.0590 e. The molecule has 1 saturated heterocycles. The van der Waals surface area contributed by atoms with Gasteiger partial charge in [0.1, 0.15) is 0 Å². The SMILES string of the molecule is CCCC1CC1NC(C)CC1CCCO1. The van der Waals surface area contributed by atoms with Crippen LogP contribution in [0.3, 0.4) is 0 Å². The second-order valence-electron chi connectivity index (χ2n) is 5.33. The first-order valence-electron chi connectivity index (χ1n) is 6.67. The second kappa shape index (κ2) is 5.31. The Morgan fingerprint density at radius 2 is 2.33 bits per heavy atom. The highest BCUT2D eigenvalue weighted by Gasteiger charge is 2.36. The minimum atomic E-state index is 0.538. The Hall–Kier alpha value is -0.0800. The van der Waals surface area contributed by atoms with Crippen molar-refractivity contribution in [2.45, 2.75) is 70.6 Å². The van der Waals surface area contributed by atoms with Gasteiger partial charge >= 0.3 is 0 Å². The molecule has 0 aromatic rings. The summed E-state index contributed by atoms with van der Waals surface area (Å²) in [5, 5.41) is 3.74. The van der Waals surface area contributed by atoms with Crippen molar-refractivity contribution < 1.29 is 4.74 Å².